The zero-order valence-corrected chi connectivity index (χ0v) is 22.0. The van der Waals surface area contributed by atoms with E-state index in [1.54, 1.807) is 18.2 Å². The number of ether oxygens (including phenoxy) is 1. The van der Waals surface area contributed by atoms with E-state index in [0.29, 0.717) is 15.0 Å². The molecule has 8 heteroatoms. The first-order chi connectivity index (χ1) is 17.3. The summed E-state index contributed by atoms with van der Waals surface area (Å²) in [6.07, 6.45) is 1.77. The highest BCUT2D eigenvalue weighted by molar-refractivity contribution is 8.18. The summed E-state index contributed by atoms with van der Waals surface area (Å²) in [6.45, 7) is 4.32. The Labute approximate surface area is 223 Å². The summed E-state index contributed by atoms with van der Waals surface area (Å²) in [5.41, 5.74) is 3.63. The van der Waals surface area contributed by atoms with Gasteiger partial charge in [-0.05, 0) is 73.0 Å². The molecule has 0 unspecified atom stereocenters. The molecule has 0 N–H and O–H groups in total. The molecule has 2 amide bonds. The molecule has 0 bridgehead atoms. The lowest BCUT2D eigenvalue weighted by molar-refractivity contribution is -0.123. The SMILES string of the molecule is Cc1cc(/C=C2\SC(=O)N(CCOc3cccc4ccccc34)C2=O)c(C)n1-c1ccc(Cl)c(Cl)c1. The Morgan fingerprint density at radius 2 is 1.72 bits per heavy atom. The third-order valence-corrected chi connectivity index (χ3v) is 7.76. The predicted molar refractivity (Wildman–Crippen MR) is 147 cm³/mol. The minimum absolute atomic E-state index is 0.174. The van der Waals surface area contributed by atoms with Gasteiger partial charge in [-0.2, -0.15) is 0 Å². The van der Waals surface area contributed by atoms with Crippen molar-refractivity contribution in [3.8, 4) is 11.4 Å². The highest BCUT2D eigenvalue weighted by Gasteiger charge is 2.35. The quantitative estimate of drug-likeness (QED) is 0.237. The number of aryl methyl sites for hydroxylation is 1. The number of benzene rings is 3. The Kier molecular flexibility index (Phi) is 6.84. The van der Waals surface area contributed by atoms with Gasteiger partial charge in [-0.15, -0.1) is 0 Å². The fraction of sp³-hybridized carbons (Fsp3) is 0.143. The second-order valence-corrected chi connectivity index (χ2v) is 10.2. The molecule has 1 fully saturated rings. The molecule has 36 heavy (non-hydrogen) atoms. The third kappa shape index (κ3) is 4.64. The number of imide groups is 1. The van der Waals surface area contributed by atoms with E-state index in [4.69, 9.17) is 27.9 Å². The number of halogens is 2. The molecular weight excluding hydrogens is 515 g/mol. The number of hydrogen-bond donors (Lipinski definition) is 0. The number of hydrogen-bond acceptors (Lipinski definition) is 4. The van der Waals surface area contributed by atoms with Crippen LogP contribution in [0.25, 0.3) is 22.5 Å². The molecule has 4 aromatic rings. The van der Waals surface area contributed by atoms with Crippen LogP contribution < -0.4 is 4.74 Å². The number of carbonyl (C=O) groups excluding carboxylic acids is 2. The van der Waals surface area contributed by atoms with Crippen LogP contribution in [0, 0.1) is 13.8 Å². The topological polar surface area (TPSA) is 51.5 Å². The van der Waals surface area contributed by atoms with Gasteiger partial charge < -0.3 is 9.30 Å². The molecule has 0 aliphatic carbocycles. The molecule has 5 nitrogen and oxygen atoms in total. The van der Waals surface area contributed by atoms with Crippen molar-refractivity contribution >= 4 is 63.0 Å². The average Bonchev–Trinajstić information content (AvgIpc) is 3.29. The van der Waals surface area contributed by atoms with E-state index in [-0.39, 0.29) is 24.3 Å². The Morgan fingerprint density at radius 1 is 0.944 bits per heavy atom. The number of fused-ring (bicyclic) bond motifs is 1. The van der Waals surface area contributed by atoms with Crippen LogP contribution in [0.4, 0.5) is 4.79 Å². The van der Waals surface area contributed by atoms with Crippen LogP contribution in [0.15, 0.2) is 71.6 Å². The molecule has 182 valence electrons. The predicted octanol–water partition coefficient (Wildman–Crippen LogP) is 7.67. The monoisotopic (exact) mass is 536 g/mol. The maximum Gasteiger partial charge on any atom is 0.293 e. The van der Waals surface area contributed by atoms with Crippen LogP contribution >= 0.6 is 35.0 Å². The molecule has 0 spiro atoms. The van der Waals surface area contributed by atoms with Crippen LogP contribution in [0.3, 0.4) is 0 Å². The maximum absolute atomic E-state index is 13.1. The summed E-state index contributed by atoms with van der Waals surface area (Å²) < 4.78 is 7.98. The van der Waals surface area contributed by atoms with Crippen molar-refractivity contribution in [1.29, 1.82) is 0 Å². The van der Waals surface area contributed by atoms with E-state index in [9.17, 15) is 9.59 Å². The van der Waals surface area contributed by atoms with Crippen molar-refractivity contribution in [2.75, 3.05) is 13.2 Å². The number of aromatic nitrogens is 1. The van der Waals surface area contributed by atoms with Crippen molar-refractivity contribution in [3.63, 3.8) is 0 Å². The Hall–Kier alpha value is -3.19. The van der Waals surface area contributed by atoms with Gasteiger partial charge >= 0.3 is 0 Å². The first-order valence-electron chi connectivity index (χ1n) is 11.3. The van der Waals surface area contributed by atoms with Crippen LogP contribution in [0.2, 0.25) is 10.0 Å². The van der Waals surface area contributed by atoms with Gasteiger partial charge in [0.1, 0.15) is 12.4 Å². The van der Waals surface area contributed by atoms with E-state index in [1.807, 2.05) is 73.0 Å². The fourth-order valence-electron chi connectivity index (χ4n) is 4.36. The average molecular weight is 537 g/mol. The smallest absolute Gasteiger partial charge is 0.293 e. The number of thioether (sulfide) groups is 1. The van der Waals surface area contributed by atoms with Crippen molar-refractivity contribution in [2.45, 2.75) is 13.8 Å². The summed E-state index contributed by atoms with van der Waals surface area (Å²) in [4.78, 5) is 27.3. The summed E-state index contributed by atoms with van der Waals surface area (Å²) >= 11 is 13.2. The molecule has 0 saturated carbocycles. The van der Waals surface area contributed by atoms with Crippen LogP contribution in [0.1, 0.15) is 17.0 Å². The van der Waals surface area contributed by atoms with Crippen LogP contribution in [0.5, 0.6) is 5.75 Å². The molecular formula is C28H22Cl2N2O3S. The number of nitrogens with zero attached hydrogens (tertiary/aromatic N) is 2. The highest BCUT2D eigenvalue weighted by Crippen LogP contribution is 2.34. The summed E-state index contributed by atoms with van der Waals surface area (Å²) in [6, 6.07) is 21.2. The fourth-order valence-corrected chi connectivity index (χ4v) is 5.51. The Bertz CT molecular complexity index is 1540. The minimum Gasteiger partial charge on any atom is -0.491 e. The van der Waals surface area contributed by atoms with Gasteiger partial charge in [0.2, 0.25) is 0 Å². The van der Waals surface area contributed by atoms with Gasteiger partial charge in [-0.25, -0.2) is 0 Å². The van der Waals surface area contributed by atoms with Crippen molar-refractivity contribution < 1.29 is 14.3 Å². The van der Waals surface area contributed by atoms with E-state index in [2.05, 4.69) is 0 Å². The Morgan fingerprint density at radius 3 is 2.53 bits per heavy atom. The highest BCUT2D eigenvalue weighted by atomic mass is 35.5. The molecule has 0 atom stereocenters. The van der Waals surface area contributed by atoms with Crippen LogP contribution in [-0.4, -0.2) is 33.8 Å². The summed E-state index contributed by atoms with van der Waals surface area (Å²) in [7, 11) is 0. The third-order valence-electron chi connectivity index (χ3n) is 6.11. The van der Waals surface area contributed by atoms with Gasteiger partial charge in [-0.1, -0.05) is 59.6 Å². The second-order valence-electron chi connectivity index (χ2n) is 8.42. The molecule has 2 heterocycles. The number of rotatable bonds is 6. The molecule has 1 aromatic heterocycles. The molecule has 5 rings (SSSR count). The lowest BCUT2D eigenvalue weighted by atomic mass is 10.1. The molecule has 0 radical (unpaired) electrons. The normalized spacial score (nSPS) is 14.9. The first kappa shape index (κ1) is 24.5. The lowest BCUT2D eigenvalue weighted by Gasteiger charge is -2.14. The molecule has 1 saturated heterocycles. The Balaban J connectivity index is 1.32. The number of carbonyl (C=O) groups is 2. The zero-order chi connectivity index (χ0) is 25.4. The van der Waals surface area contributed by atoms with Crippen LogP contribution in [-0.2, 0) is 4.79 Å². The van der Waals surface area contributed by atoms with Gasteiger partial charge in [0.15, 0.2) is 0 Å². The summed E-state index contributed by atoms with van der Waals surface area (Å²) in [5.74, 6) is 0.413. The molecule has 3 aromatic carbocycles. The van der Waals surface area contributed by atoms with Crippen molar-refractivity contribution in [2.24, 2.45) is 0 Å². The molecule has 1 aliphatic rings. The van der Waals surface area contributed by atoms with E-state index >= 15 is 0 Å². The largest absolute Gasteiger partial charge is 0.491 e. The van der Waals surface area contributed by atoms with E-state index < -0.39 is 0 Å². The van der Waals surface area contributed by atoms with Crippen molar-refractivity contribution in [3.05, 3.63) is 98.6 Å². The summed E-state index contributed by atoms with van der Waals surface area (Å²) in [5, 5.41) is 2.72. The number of amides is 2. The zero-order valence-electron chi connectivity index (χ0n) is 19.6. The molecule has 1 aliphatic heterocycles. The first-order valence-corrected chi connectivity index (χ1v) is 12.9. The van der Waals surface area contributed by atoms with Gasteiger partial charge in [0.05, 0.1) is 21.5 Å². The van der Waals surface area contributed by atoms with Gasteiger partial charge in [0, 0.05) is 22.5 Å². The minimum atomic E-state index is -0.314. The van der Waals surface area contributed by atoms with Gasteiger partial charge in [-0.3, -0.25) is 14.5 Å². The van der Waals surface area contributed by atoms with E-state index in [0.717, 1.165) is 50.9 Å². The van der Waals surface area contributed by atoms with Crippen molar-refractivity contribution in [1.82, 2.24) is 9.47 Å². The standard InChI is InChI=1S/C28H22Cl2N2O3S/c1-17-14-20(18(2)32(17)21-10-11-23(29)24(30)16-21)15-26-27(33)31(28(34)36-26)12-13-35-25-9-5-7-19-6-3-4-8-22(19)25/h3-11,14-16H,12-13H2,1-2H3/b26-15-. The lowest BCUT2D eigenvalue weighted by Crippen LogP contribution is -2.32. The van der Waals surface area contributed by atoms with E-state index in [1.165, 1.54) is 4.90 Å². The maximum atomic E-state index is 13.1. The van der Waals surface area contributed by atoms with Gasteiger partial charge in [0.25, 0.3) is 11.1 Å². The second kappa shape index (κ2) is 10.1.